The van der Waals surface area contributed by atoms with Gasteiger partial charge < -0.3 is 14.8 Å². The van der Waals surface area contributed by atoms with Gasteiger partial charge in [0.15, 0.2) is 0 Å². The van der Waals surface area contributed by atoms with Crippen LogP contribution in [0.25, 0.3) is 0 Å². The number of anilines is 1. The number of likely N-dealkylation sites (N-methyl/N-ethyl adjacent to an activating group) is 1. The van der Waals surface area contributed by atoms with Gasteiger partial charge in [-0.05, 0) is 19.4 Å². The Bertz CT molecular complexity index is 472. The molecule has 1 aromatic rings. The molecule has 3 rings (SSSR count). The lowest BCUT2D eigenvalue weighted by atomic mass is 10.3. The van der Waals surface area contributed by atoms with E-state index in [1.54, 1.807) is 6.07 Å². The molecule has 1 aromatic heterocycles. The van der Waals surface area contributed by atoms with Gasteiger partial charge in [0.05, 0.1) is 0 Å². The molecule has 2 heterocycles. The van der Waals surface area contributed by atoms with E-state index in [2.05, 4.69) is 26.7 Å². The lowest BCUT2D eigenvalue weighted by Crippen LogP contribution is -2.46. The Labute approximate surface area is 107 Å². The smallest absolute Gasteiger partial charge is 0.252 e. The molecule has 0 unspecified atom stereocenters. The Kier molecular flexibility index (Phi) is 3.07. The van der Waals surface area contributed by atoms with Gasteiger partial charge >= 0.3 is 0 Å². The molecule has 0 bridgehead atoms. The molecule has 1 aliphatic carbocycles. The van der Waals surface area contributed by atoms with Gasteiger partial charge in [-0.25, -0.2) is 4.98 Å². The zero-order chi connectivity index (χ0) is 12.5. The minimum Gasteiger partial charge on any atom is -0.354 e. The molecule has 1 saturated carbocycles. The van der Waals surface area contributed by atoms with Crippen LogP contribution in [0.2, 0.25) is 0 Å². The van der Waals surface area contributed by atoms with Crippen molar-refractivity contribution in [3.63, 3.8) is 0 Å². The van der Waals surface area contributed by atoms with Crippen molar-refractivity contribution in [2.75, 3.05) is 37.6 Å². The summed E-state index contributed by atoms with van der Waals surface area (Å²) in [6.45, 7) is 7.34. The summed E-state index contributed by atoms with van der Waals surface area (Å²) in [6, 6.07) is 1.63. The zero-order valence-electron chi connectivity index (χ0n) is 10.9. The third-order valence-corrected chi connectivity index (χ3v) is 3.85. The number of H-pyrrole nitrogens is 1. The molecule has 98 valence electrons. The first-order valence-electron chi connectivity index (χ1n) is 6.85. The van der Waals surface area contributed by atoms with Crippen LogP contribution in [0, 0.1) is 0 Å². The maximum absolute atomic E-state index is 11.7. The van der Waals surface area contributed by atoms with E-state index in [1.807, 2.05) is 0 Å². The number of nitrogens with one attached hydrogen (secondary N) is 1. The zero-order valence-corrected chi connectivity index (χ0v) is 10.9. The summed E-state index contributed by atoms with van der Waals surface area (Å²) in [6.07, 6.45) is 2.33. The predicted molar refractivity (Wildman–Crippen MR) is 71.2 cm³/mol. The van der Waals surface area contributed by atoms with Gasteiger partial charge in [0, 0.05) is 38.2 Å². The molecular weight excluding hydrogens is 228 g/mol. The molecule has 0 spiro atoms. The normalized spacial score (nSPS) is 21.3. The molecule has 18 heavy (non-hydrogen) atoms. The third kappa shape index (κ3) is 2.41. The van der Waals surface area contributed by atoms with E-state index in [-0.39, 0.29) is 5.56 Å². The van der Waals surface area contributed by atoms with Crippen molar-refractivity contribution >= 4 is 5.82 Å². The Morgan fingerprint density at radius 2 is 2.06 bits per heavy atom. The minimum absolute atomic E-state index is 0.0141. The molecule has 1 saturated heterocycles. The van der Waals surface area contributed by atoms with Gasteiger partial charge in [0.1, 0.15) is 11.6 Å². The molecule has 2 fully saturated rings. The number of aromatic nitrogens is 2. The van der Waals surface area contributed by atoms with E-state index in [0.29, 0.717) is 5.92 Å². The molecule has 0 radical (unpaired) electrons. The van der Waals surface area contributed by atoms with Crippen LogP contribution < -0.4 is 10.5 Å². The molecule has 5 nitrogen and oxygen atoms in total. The van der Waals surface area contributed by atoms with Crippen molar-refractivity contribution in [3.8, 4) is 0 Å². The SMILES string of the molecule is CCN1CCN(c2cc(=O)[nH]c(C3CC3)n2)CC1. The van der Waals surface area contributed by atoms with E-state index >= 15 is 0 Å². The molecule has 0 atom stereocenters. The summed E-state index contributed by atoms with van der Waals surface area (Å²) in [5, 5.41) is 0. The lowest BCUT2D eigenvalue weighted by molar-refractivity contribution is 0.270. The average Bonchev–Trinajstić information content (AvgIpc) is 3.22. The maximum atomic E-state index is 11.7. The number of nitrogens with zero attached hydrogens (tertiary/aromatic N) is 3. The van der Waals surface area contributed by atoms with Crippen LogP contribution in [0.3, 0.4) is 0 Å². The highest BCUT2D eigenvalue weighted by molar-refractivity contribution is 5.38. The quantitative estimate of drug-likeness (QED) is 0.859. The summed E-state index contributed by atoms with van der Waals surface area (Å²) >= 11 is 0. The van der Waals surface area contributed by atoms with Crippen molar-refractivity contribution < 1.29 is 0 Å². The first-order valence-corrected chi connectivity index (χ1v) is 6.85. The first kappa shape index (κ1) is 11.7. The van der Waals surface area contributed by atoms with Gasteiger partial charge in [0.25, 0.3) is 5.56 Å². The predicted octanol–water partition coefficient (Wildman–Crippen LogP) is 0.789. The van der Waals surface area contributed by atoms with Crippen LogP contribution in [0.4, 0.5) is 5.82 Å². The molecular formula is C13H20N4O. The van der Waals surface area contributed by atoms with Gasteiger partial charge in [-0.15, -0.1) is 0 Å². The average molecular weight is 248 g/mol. The number of piperazine rings is 1. The van der Waals surface area contributed by atoms with Crippen molar-refractivity contribution in [2.24, 2.45) is 0 Å². The van der Waals surface area contributed by atoms with Crippen molar-refractivity contribution in [2.45, 2.75) is 25.7 Å². The fraction of sp³-hybridized carbons (Fsp3) is 0.692. The summed E-state index contributed by atoms with van der Waals surface area (Å²) in [5.74, 6) is 2.24. The minimum atomic E-state index is -0.0141. The van der Waals surface area contributed by atoms with Crippen molar-refractivity contribution in [1.29, 1.82) is 0 Å². The van der Waals surface area contributed by atoms with Gasteiger partial charge in [-0.2, -0.15) is 0 Å². The molecule has 0 aromatic carbocycles. The third-order valence-electron chi connectivity index (χ3n) is 3.85. The number of hydrogen-bond donors (Lipinski definition) is 1. The topological polar surface area (TPSA) is 52.2 Å². The van der Waals surface area contributed by atoms with E-state index in [1.165, 1.54) is 0 Å². The van der Waals surface area contributed by atoms with Crippen molar-refractivity contribution in [3.05, 3.63) is 22.2 Å². The Morgan fingerprint density at radius 1 is 1.33 bits per heavy atom. The highest BCUT2D eigenvalue weighted by Crippen LogP contribution is 2.37. The van der Waals surface area contributed by atoms with Gasteiger partial charge in [-0.1, -0.05) is 6.92 Å². The van der Waals surface area contributed by atoms with Crippen LogP contribution in [0.5, 0.6) is 0 Å². The Hall–Kier alpha value is -1.36. The van der Waals surface area contributed by atoms with Crippen molar-refractivity contribution in [1.82, 2.24) is 14.9 Å². The lowest BCUT2D eigenvalue weighted by Gasteiger charge is -2.34. The van der Waals surface area contributed by atoms with Crippen LogP contribution in [0.15, 0.2) is 10.9 Å². The molecule has 5 heteroatoms. The summed E-state index contributed by atoms with van der Waals surface area (Å²) in [7, 11) is 0. The fourth-order valence-corrected chi connectivity index (χ4v) is 2.47. The largest absolute Gasteiger partial charge is 0.354 e. The monoisotopic (exact) mass is 248 g/mol. The fourth-order valence-electron chi connectivity index (χ4n) is 2.47. The highest BCUT2D eigenvalue weighted by atomic mass is 16.1. The van der Waals surface area contributed by atoms with E-state index < -0.39 is 0 Å². The molecule has 1 aliphatic heterocycles. The van der Waals surface area contributed by atoms with Crippen LogP contribution in [-0.2, 0) is 0 Å². The van der Waals surface area contributed by atoms with Crippen LogP contribution in [-0.4, -0.2) is 47.6 Å². The van der Waals surface area contributed by atoms with E-state index in [9.17, 15) is 4.79 Å². The highest BCUT2D eigenvalue weighted by Gasteiger charge is 2.27. The second-order valence-electron chi connectivity index (χ2n) is 5.18. The van der Waals surface area contributed by atoms with Crippen LogP contribution >= 0.6 is 0 Å². The Morgan fingerprint density at radius 3 is 2.67 bits per heavy atom. The summed E-state index contributed by atoms with van der Waals surface area (Å²) in [5.41, 5.74) is -0.0141. The molecule has 2 aliphatic rings. The maximum Gasteiger partial charge on any atom is 0.252 e. The first-order chi connectivity index (χ1) is 8.76. The standard InChI is InChI=1S/C13H20N4O/c1-2-16-5-7-17(8-6-16)11-9-12(18)15-13(14-11)10-3-4-10/h9-10H,2-8H2,1H3,(H,14,15,18). The summed E-state index contributed by atoms with van der Waals surface area (Å²) in [4.78, 5) is 23.8. The second kappa shape index (κ2) is 4.72. The summed E-state index contributed by atoms with van der Waals surface area (Å²) < 4.78 is 0. The molecule has 1 N–H and O–H groups in total. The van der Waals surface area contributed by atoms with E-state index in [0.717, 1.165) is 57.2 Å². The van der Waals surface area contributed by atoms with E-state index in [4.69, 9.17) is 0 Å². The van der Waals surface area contributed by atoms with Gasteiger partial charge in [0.2, 0.25) is 0 Å². The molecule has 0 amide bonds. The number of hydrogen-bond acceptors (Lipinski definition) is 4. The Balaban J connectivity index is 1.77. The second-order valence-corrected chi connectivity index (χ2v) is 5.18. The van der Waals surface area contributed by atoms with Crippen LogP contribution in [0.1, 0.15) is 31.5 Å². The number of rotatable bonds is 3. The number of aromatic amines is 1. The van der Waals surface area contributed by atoms with Gasteiger partial charge in [-0.3, -0.25) is 4.79 Å².